The topological polar surface area (TPSA) is 77.5 Å². The minimum Gasteiger partial charge on any atom is -0.493 e. The van der Waals surface area contributed by atoms with Gasteiger partial charge in [0.2, 0.25) is 0 Å². The highest BCUT2D eigenvalue weighted by molar-refractivity contribution is 7.93. The Morgan fingerprint density at radius 1 is 1.11 bits per heavy atom. The number of nitrogens with zero attached hydrogens (tertiary/aromatic N) is 1. The lowest BCUT2D eigenvalue weighted by molar-refractivity contribution is -0.0511. The SMILES string of the molecule is COc1ccc(NS(=O)(=O)c2cccc3cc(C)cnc23)cc1OC(F)F. The Kier molecular flexibility index (Phi) is 5.13. The van der Waals surface area contributed by atoms with E-state index in [0.29, 0.717) is 10.9 Å². The van der Waals surface area contributed by atoms with Crippen LogP contribution in [-0.4, -0.2) is 27.1 Å². The molecule has 0 fully saturated rings. The molecule has 142 valence electrons. The Labute approximate surface area is 154 Å². The third-order valence-corrected chi connectivity index (χ3v) is 5.14. The number of aryl methyl sites for hydroxylation is 1. The number of benzene rings is 2. The number of ether oxygens (including phenoxy) is 2. The molecule has 1 aromatic heterocycles. The van der Waals surface area contributed by atoms with E-state index in [-0.39, 0.29) is 22.1 Å². The number of methoxy groups -OCH3 is 1. The van der Waals surface area contributed by atoms with Gasteiger partial charge in [0.25, 0.3) is 10.0 Å². The molecule has 0 aliphatic rings. The minimum atomic E-state index is -4.01. The summed E-state index contributed by atoms with van der Waals surface area (Å²) in [6.07, 6.45) is 1.57. The molecule has 0 bridgehead atoms. The largest absolute Gasteiger partial charge is 0.493 e. The summed E-state index contributed by atoms with van der Waals surface area (Å²) >= 11 is 0. The molecule has 0 saturated heterocycles. The standard InChI is InChI=1S/C18H16F2N2O4S/c1-11-8-12-4-3-5-16(17(12)21-10-11)27(23,24)22-13-6-7-14(25-2)15(9-13)26-18(19)20/h3-10,18,22H,1-2H3. The highest BCUT2D eigenvalue weighted by Gasteiger charge is 2.20. The Bertz CT molecular complexity index is 1090. The number of anilines is 1. The first-order valence-corrected chi connectivity index (χ1v) is 9.29. The predicted molar refractivity (Wildman–Crippen MR) is 96.9 cm³/mol. The van der Waals surface area contributed by atoms with E-state index in [2.05, 4.69) is 14.4 Å². The number of halogens is 2. The van der Waals surface area contributed by atoms with Crippen molar-refractivity contribution in [2.75, 3.05) is 11.8 Å². The van der Waals surface area contributed by atoms with Crippen LogP contribution in [0.15, 0.2) is 53.6 Å². The maximum absolute atomic E-state index is 12.8. The van der Waals surface area contributed by atoms with Crippen molar-refractivity contribution in [3.63, 3.8) is 0 Å². The molecule has 0 amide bonds. The van der Waals surface area contributed by atoms with Gasteiger partial charge >= 0.3 is 6.61 Å². The summed E-state index contributed by atoms with van der Waals surface area (Å²) in [5, 5.41) is 0.675. The molecular formula is C18H16F2N2O4S. The summed E-state index contributed by atoms with van der Waals surface area (Å²) in [5.74, 6) is -0.222. The average molecular weight is 394 g/mol. The third kappa shape index (κ3) is 4.08. The summed E-state index contributed by atoms with van der Waals surface area (Å²) in [6, 6.07) is 10.5. The molecule has 0 spiro atoms. The number of para-hydroxylation sites is 1. The molecule has 3 aromatic rings. The third-order valence-electron chi connectivity index (χ3n) is 3.73. The molecular weight excluding hydrogens is 378 g/mol. The first-order valence-electron chi connectivity index (χ1n) is 7.81. The maximum atomic E-state index is 12.8. The summed E-state index contributed by atoms with van der Waals surface area (Å²) < 4.78 is 62.4. The Hall–Kier alpha value is -2.94. The number of rotatable bonds is 6. The zero-order valence-electron chi connectivity index (χ0n) is 14.4. The van der Waals surface area contributed by atoms with Gasteiger partial charge in [0, 0.05) is 17.6 Å². The van der Waals surface area contributed by atoms with Crippen LogP contribution in [0.3, 0.4) is 0 Å². The van der Waals surface area contributed by atoms with E-state index in [9.17, 15) is 17.2 Å². The highest BCUT2D eigenvalue weighted by atomic mass is 32.2. The molecule has 0 unspecified atom stereocenters. The van der Waals surface area contributed by atoms with Crippen molar-refractivity contribution >= 4 is 26.6 Å². The summed E-state index contributed by atoms with van der Waals surface area (Å²) in [7, 11) is -2.72. The quantitative estimate of drug-likeness (QED) is 0.685. The van der Waals surface area contributed by atoms with Gasteiger partial charge in [-0.3, -0.25) is 9.71 Å². The normalized spacial score (nSPS) is 11.6. The number of sulfonamides is 1. The molecule has 2 aromatic carbocycles. The zero-order valence-corrected chi connectivity index (χ0v) is 15.3. The van der Waals surface area contributed by atoms with Gasteiger partial charge in [0.15, 0.2) is 11.5 Å². The van der Waals surface area contributed by atoms with Crippen molar-refractivity contribution in [2.24, 2.45) is 0 Å². The lowest BCUT2D eigenvalue weighted by atomic mass is 10.2. The molecule has 9 heteroatoms. The van der Waals surface area contributed by atoms with Crippen LogP contribution >= 0.6 is 0 Å². The van der Waals surface area contributed by atoms with Crippen molar-refractivity contribution < 1.29 is 26.7 Å². The van der Waals surface area contributed by atoms with Gasteiger partial charge in [-0.05, 0) is 36.8 Å². The van der Waals surface area contributed by atoms with Gasteiger partial charge in [-0.25, -0.2) is 8.42 Å². The lowest BCUT2D eigenvalue weighted by Gasteiger charge is -2.14. The second-order valence-corrected chi connectivity index (χ2v) is 7.34. The number of hydrogen-bond donors (Lipinski definition) is 1. The van der Waals surface area contributed by atoms with E-state index in [4.69, 9.17) is 4.74 Å². The van der Waals surface area contributed by atoms with Crippen LogP contribution in [0.1, 0.15) is 5.56 Å². The monoisotopic (exact) mass is 394 g/mol. The molecule has 6 nitrogen and oxygen atoms in total. The van der Waals surface area contributed by atoms with Crippen LogP contribution in [-0.2, 0) is 10.0 Å². The smallest absolute Gasteiger partial charge is 0.387 e. The van der Waals surface area contributed by atoms with Crippen LogP contribution in [0, 0.1) is 6.92 Å². The highest BCUT2D eigenvalue weighted by Crippen LogP contribution is 2.33. The fourth-order valence-electron chi connectivity index (χ4n) is 2.60. The van der Waals surface area contributed by atoms with E-state index < -0.39 is 16.6 Å². The van der Waals surface area contributed by atoms with Crippen LogP contribution in [0.5, 0.6) is 11.5 Å². The summed E-state index contributed by atoms with van der Waals surface area (Å²) in [4.78, 5) is 4.19. The molecule has 0 radical (unpaired) electrons. The van der Waals surface area contributed by atoms with Gasteiger partial charge in [0.05, 0.1) is 18.3 Å². The van der Waals surface area contributed by atoms with E-state index in [1.165, 1.54) is 25.3 Å². The second-order valence-electron chi connectivity index (χ2n) is 5.69. The first-order chi connectivity index (χ1) is 12.8. The van der Waals surface area contributed by atoms with Crippen molar-refractivity contribution in [3.05, 3.63) is 54.2 Å². The molecule has 1 N–H and O–H groups in total. The van der Waals surface area contributed by atoms with Crippen molar-refractivity contribution in [3.8, 4) is 11.5 Å². The van der Waals surface area contributed by atoms with E-state index in [0.717, 1.165) is 11.6 Å². The fraction of sp³-hybridized carbons (Fsp3) is 0.167. The molecule has 3 rings (SSSR count). The fourth-order valence-corrected chi connectivity index (χ4v) is 3.83. The van der Waals surface area contributed by atoms with Gasteiger partial charge in [-0.15, -0.1) is 0 Å². The Balaban J connectivity index is 2.00. The lowest BCUT2D eigenvalue weighted by Crippen LogP contribution is -2.14. The second kappa shape index (κ2) is 7.36. The van der Waals surface area contributed by atoms with Gasteiger partial charge in [0.1, 0.15) is 4.90 Å². The number of fused-ring (bicyclic) bond motifs is 1. The predicted octanol–water partition coefficient (Wildman–Crippen LogP) is 3.95. The number of nitrogens with one attached hydrogen (secondary N) is 1. The van der Waals surface area contributed by atoms with Crippen LogP contribution < -0.4 is 14.2 Å². The molecule has 0 aliphatic carbocycles. The van der Waals surface area contributed by atoms with E-state index >= 15 is 0 Å². The number of aromatic nitrogens is 1. The Morgan fingerprint density at radius 3 is 2.59 bits per heavy atom. The molecule has 1 heterocycles. The van der Waals surface area contributed by atoms with Gasteiger partial charge in [-0.2, -0.15) is 8.78 Å². The van der Waals surface area contributed by atoms with Crippen LogP contribution in [0.4, 0.5) is 14.5 Å². The molecule has 0 saturated carbocycles. The van der Waals surface area contributed by atoms with Crippen molar-refractivity contribution in [1.82, 2.24) is 4.98 Å². The zero-order chi connectivity index (χ0) is 19.6. The molecule has 0 atom stereocenters. The van der Waals surface area contributed by atoms with Gasteiger partial charge < -0.3 is 9.47 Å². The number of alkyl halides is 2. The average Bonchev–Trinajstić information content (AvgIpc) is 2.60. The first kappa shape index (κ1) is 18.8. The van der Waals surface area contributed by atoms with Crippen LogP contribution in [0.2, 0.25) is 0 Å². The Morgan fingerprint density at radius 2 is 1.89 bits per heavy atom. The minimum absolute atomic E-state index is 0.0212. The van der Waals surface area contributed by atoms with E-state index in [1.54, 1.807) is 18.3 Å². The van der Waals surface area contributed by atoms with Crippen molar-refractivity contribution in [2.45, 2.75) is 18.4 Å². The summed E-state index contributed by atoms with van der Waals surface area (Å²) in [5.41, 5.74) is 1.26. The molecule has 27 heavy (non-hydrogen) atoms. The van der Waals surface area contributed by atoms with Crippen molar-refractivity contribution in [1.29, 1.82) is 0 Å². The van der Waals surface area contributed by atoms with Crippen LogP contribution in [0.25, 0.3) is 10.9 Å². The number of pyridine rings is 1. The molecule has 0 aliphatic heterocycles. The number of hydrogen-bond acceptors (Lipinski definition) is 5. The van der Waals surface area contributed by atoms with Gasteiger partial charge in [-0.1, -0.05) is 12.1 Å². The summed E-state index contributed by atoms with van der Waals surface area (Å²) in [6.45, 7) is -1.22. The van der Waals surface area contributed by atoms with E-state index in [1.807, 2.05) is 13.0 Å². The maximum Gasteiger partial charge on any atom is 0.387 e.